The fraction of sp³-hybridized carbons (Fsp3) is 0.345. The number of nitrogens with one attached hydrogen (secondary N) is 3. The van der Waals surface area contributed by atoms with Gasteiger partial charge in [-0.2, -0.15) is 4.72 Å². The van der Waals surface area contributed by atoms with Crippen LogP contribution in [-0.2, 0) is 25.1 Å². The number of amides is 1. The van der Waals surface area contributed by atoms with Crippen LogP contribution in [0.4, 0.5) is 16.2 Å². The molecule has 1 aliphatic carbocycles. The molecule has 0 spiro atoms. The van der Waals surface area contributed by atoms with E-state index in [1.807, 2.05) is 13.8 Å². The number of amidine groups is 1. The monoisotopic (exact) mass is 632 g/mol. The van der Waals surface area contributed by atoms with Gasteiger partial charge in [0.1, 0.15) is 27.4 Å². The number of rotatable bonds is 8. The highest BCUT2D eigenvalue weighted by atomic mass is 32.3. The normalized spacial score (nSPS) is 20.4. The number of aliphatic hydroxyl groups is 1. The molecule has 0 bridgehead atoms. The maximum absolute atomic E-state index is 14.4. The predicted octanol–water partition coefficient (Wildman–Crippen LogP) is 6.13. The summed E-state index contributed by atoms with van der Waals surface area (Å²) in [5.41, 5.74) is -2.27. The average Bonchev–Trinajstić information content (AvgIpc) is 2.89. The van der Waals surface area contributed by atoms with Gasteiger partial charge in [0.2, 0.25) is 10.0 Å². The molecule has 12 nitrogen and oxygen atoms in total. The number of anilines is 2. The first-order valence-corrected chi connectivity index (χ1v) is 16.5. The SMILES string of the molecule is C=CS(=O)(=O)NC1(CCC(C)C)C(=O)C(C2=NS(O)(O)c3cc(NC(=O)OC(C)(C)C)ccc3N2)=C(O)c2ccccc21. The minimum Gasteiger partial charge on any atom is -0.506 e. The Bertz CT molecular complexity index is 1660. The second-order valence-corrected chi connectivity index (χ2v) is 15.0. The number of ketones is 1. The molecule has 2 aromatic rings. The molecule has 0 saturated heterocycles. The van der Waals surface area contributed by atoms with Gasteiger partial charge in [0.05, 0.1) is 5.69 Å². The lowest BCUT2D eigenvalue weighted by Gasteiger charge is -2.40. The van der Waals surface area contributed by atoms with Crippen molar-refractivity contribution in [3.05, 3.63) is 71.2 Å². The van der Waals surface area contributed by atoms with E-state index in [0.29, 0.717) is 11.8 Å². The number of sulfonamides is 1. The highest BCUT2D eigenvalue weighted by Crippen LogP contribution is 2.57. The molecule has 14 heteroatoms. The summed E-state index contributed by atoms with van der Waals surface area (Å²) in [6.07, 6.45) is -0.290. The molecule has 0 fully saturated rings. The van der Waals surface area contributed by atoms with Crippen molar-refractivity contribution < 1.29 is 37.0 Å². The molecule has 4 rings (SSSR count). The number of ether oxygens (including phenoxy) is 1. The number of Topliss-reactive ketones (excluding diaryl/α,β-unsaturated/α-hetero) is 1. The molecule has 43 heavy (non-hydrogen) atoms. The van der Waals surface area contributed by atoms with E-state index in [-0.39, 0.29) is 45.6 Å². The van der Waals surface area contributed by atoms with E-state index in [0.717, 1.165) is 0 Å². The third-order valence-corrected chi connectivity index (χ3v) is 9.19. The van der Waals surface area contributed by atoms with Crippen molar-refractivity contribution >= 4 is 55.6 Å². The summed E-state index contributed by atoms with van der Waals surface area (Å²) in [4.78, 5) is 26.6. The number of aliphatic hydroxyl groups excluding tert-OH is 1. The summed E-state index contributed by atoms with van der Waals surface area (Å²) in [5, 5.41) is 17.5. The van der Waals surface area contributed by atoms with Crippen molar-refractivity contribution in [3.63, 3.8) is 0 Å². The Kier molecular flexibility index (Phi) is 8.57. The van der Waals surface area contributed by atoms with E-state index in [9.17, 15) is 32.2 Å². The van der Waals surface area contributed by atoms with Crippen molar-refractivity contribution in [1.82, 2.24) is 4.72 Å². The van der Waals surface area contributed by atoms with Crippen molar-refractivity contribution in [2.45, 2.75) is 63.5 Å². The Hall–Kier alpha value is -3.69. The molecule has 0 aromatic heterocycles. The summed E-state index contributed by atoms with van der Waals surface area (Å²) in [6.45, 7) is 12.3. The summed E-state index contributed by atoms with van der Waals surface area (Å²) >= 11 is 0. The number of benzene rings is 2. The van der Waals surface area contributed by atoms with Gasteiger partial charge in [-0.15, -0.1) is 4.40 Å². The summed E-state index contributed by atoms with van der Waals surface area (Å²) in [6, 6.07) is 10.6. The van der Waals surface area contributed by atoms with Crippen LogP contribution in [0.2, 0.25) is 0 Å². The number of hydrogen-bond donors (Lipinski definition) is 6. The molecular formula is C29H36N4O8S2. The van der Waals surface area contributed by atoms with Crippen LogP contribution >= 0.6 is 10.8 Å². The van der Waals surface area contributed by atoms with E-state index >= 15 is 0 Å². The summed E-state index contributed by atoms with van der Waals surface area (Å²) in [7, 11) is -8.16. The number of carbonyl (C=O) groups is 2. The summed E-state index contributed by atoms with van der Waals surface area (Å²) in [5.74, 6) is -1.61. The van der Waals surface area contributed by atoms with Crippen LogP contribution in [0.15, 0.2) is 69.3 Å². The van der Waals surface area contributed by atoms with E-state index in [1.165, 1.54) is 24.3 Å². The zero-order chi connectivity index (χ0) is 32.0. The standard InChI is InChI=1S/C29H36N4O8S2/c1-7-42(37,38)33-29(15-14-17(2)3)20-11-9-8-10-19(20)24(34)23(25(29)35)26-31-21-13-12-18(16-22(21)43(39,40)32-26)30-27(36)41-28(4,5)6/h7-13,16-17,33-34,39-40H,1,14-15H2,2-6H3,(H,30,36)(H,31,32). The smallest absolute Gasteiger partial charge is 0.412 e. The van der Waals surface area contributed by atoms with Gasteiger partial charge in [0.15, 0.2) is 11.6 Å². The first kappa shape index (κ1) is 32.2. The topological polar surface area (TPSA) is 187 Å². The van der Waals surface area contributed by atoms with E-state index in [4.69, 9.17) is 4.74 Å². The van der Waals surface area contributed by atoms with Crippen molar-refractivity contribution in [3.8, 4) is 0 Å². The zero-order valence-corrected chi connectivity index (χ0v) is 26.1. The number of fused-ring (bicyclic) bond motifs is 2. The lowest BCUT2D eigenvalue weighted by Crippen LogP contribution is -2.55. The van der Waals surface area contributed by atoms with Gasteiger partial charge in [-0.1, -0.05) is 55.5 Å². The lowest BCUT2D eigenvalue weighted by atomic mass is 9.72. The molecule has 1 amide bonds. The maximum Gasteiger partial charge on any atom is 0.412 e. The third-order valence-electron chi connectivity index (χ3n) is 6.76. The average molecular weight is 633 g/mol. The van der Waals surface area contributed by atoms with Gasteiger partial charge in [-0.25, -0.2) is 13.2 Å². The van der Waals surface area contributed by atoms with Crippen LogP contribution in [0.3, 0.4) is 0 Å². The maximum atomic E-state index is 14.4. The van der Waals surface area contributed by atoms with E-state index in [1.54, 1.807) is 39.0 Å². The third kappa shape index (κ3) is 6.63. The van der Waals surface area contributed by atoms with Crippen LogP contribution in [0.1, 0.15) is 58.6 Å². The van der Waals surface area contributed by atoms with Gasteiger partial charge in [-0.3, -0.25) is 19.2 Å². The number of carbonyl (C=O) groups excluding carboxylic acids is 2. The molecule has 2 aliphatic rings. The summed E-state index contributed by atoms with van der Waals surface area (Å²) < 4.78 is 59.7. The quantitative estimate of drug-likeness (QED) is 0.199. The number of hydrogen-bond acceptors (Lipinski definition) is 10. The van der Waals surface area contributed by atoms with Gasteiger partial charge < -0.3 is 15.2 Å². The molecule has 1 heterocycles. The molecule has 0 radical (unpaired) electrons. The largest absolute Gasteiger partial charge is 0.506 e. The van der Waals surface area contributed by atoms with E-state index < -0.39 is 55.1 Å². The van der Waals surface area contributed by atoms with E-state index in [2.05, 4.69) is 26.3 Å². The highest BCUT2D eigenvalue weighted by molar-refractivity contribution is 8.23. The Labute approximate surface area is 252 Å². The fourth-order valence-electron chi connectivity index (χ4n) is 4.84. The fourth-order valence-corrected chi connectivity index (χ4v) is 6.90. The Balaban J connectivity index is 1.83. The Morgan fingerprint density at radius 1 is 1.21 bits per heavy atom. The zero-order valence-electron chi connectivity index (χ0n) is 24.5. The molecule has 232 valence electrons. The lowest BCUT2D eigenvalue weighted by molar-refractivity contribution is -0.121. The van der Waals surface area contributed by atoms with Crippen molar-refractivity contribution in [1.29, 1.82) is 0 Å². The van der Waals surface area contributed by atoms with Crippen LogP contribution in [-0.4, -0.2) is 45.9 Å². The highest BCUT2D eigenvalue weighted by Gasteiger charge is 2.51. The molecule has 2 aromatic carbocycles. The number of nitrogens with zero attached hydrogens (tertiary/aromatic N) is 1. The molecule has 1 aliphatic heterocycles. The second kappa shape index (κ2) is 11.4. The van der Waals surface area contributed by atoms with Crippen molar-refractivity contribution in [2.24, 2.45) is 10.3 Å². The predicted molar refractivity (Wildman–Crippen MR) is 167 cm³/mol. The second-order valence-electron chi connectivity index (χ2n) is 11.7. The molecule has 1 unspecified atom stereocenters. The minimum atomic E-state index is -4.18. The van der Waals surface area contributed by atoms with Gasteiger partial charge in [0.25, 0.3) is 0 Å². The molecule has 6 N–H and O–H groups in total. The van der Waals surface area contributed by atoms with Crippen LogP contribution < -0.4 is 15.4 Å². The van der Waals surface area contributed by atoms with Gasteiger partial charge >= 0.3 is 6.09 Å². The first-order chi connectivity index (χ1) is 19.9. The van der Waals surface area contributed by atoms with Crippen molar-refractivity contribution in [2.75, 3.05) is 10.6 Å². The van der Waals surface area contributed by atoms with Crippen LogP contribution in [0.25, 0.3) is 5.76 Å². The van der Waals surface area contributed by atoms with Gasteiger partial charge in [0, 0.05) is 16.7 Å². The Morgan fingerprint density at radius 2 is 1.88 bits per heavy atom. The molecule has 0 saturated carbocycles. The minimum absolute atomic E-state index is 0.0319. The van der Waals surface area contributed by atoms with Gasteiger partial charge in [-0.05, 0) is 63.3 Å². The first-order valence-electron chi connectivity index (χ1n) is 13.4. The molecule has 1 atom stereocenters. The Morgan fingerprint density at radius 3 is 2.51 bits per heavy atom. The van der Waals surface area contributed by atoms with Crippen LogP contribution in [0, 0.1) is 5.92 Å². The molecular weight excluding hydrogens is 596 g/mol. The van der Waals surface area contributed by atoms with Crippen LogP contribution in [0.5, 0.6) is 0 Å².